The molecule has 0 saturated heterocycles. The lowest BCUT2D eigenvalue weighted by Crippen LogP contribution is -2.11. The topological polar surface area (TPSA) is 116 Å². The van der Waals surface area contributed by atoms with Gasteiger partial charge in [-0.3, -0.25) is 4.68 Å². The van der Waals surface area contributed by atoms with Crippen LogP contribution in [0.1, 0.15) is 0 Å². The predicted molar refractivity (Wildman–Crippen MR) is 85.3 cm³/mol. The van der Waals surface area contributed by atoms with Gasteiger partial charge >= 0.3 is 0 Å². The van der Waals surface area contributed by atoms with Crippen LogP contribution in [0.2, 0.25) is 0 Å². The normalized spacial score (nSPS) is 11.5. The molecule has 124 valence electrons. The summed E-state index contributed by atoms with van der Waals surface area (Å²) in [5.74, 6) is -0.406. The summed E-state index contributed by atoms with van der Waals surface area (Å²) in [5.41, 5.74) is 1.16. The molecule has 0 aliphatic heterocycles. The second kappa shape index (κ2) is 5.98. The van der Waals surface area contributed by atoms with Crippen LogP contribution in [0, 0.1) is 5.82 Å². The average Bonchev–Trinajstić information content (AvgIpc) is 2.95. The summed E-state index contributed by atoms with van der Waals surface area (Å²) < 4.78 is 37.9. The van der Waals surface area contributed by atoms with E-state index in [4.69, 9.17) is 5.14 Å². The van der Waals surface area contributed by atoms with E-state index in [1.165, 1.54) is 35.1 Å². The Bertz CT molecular complexity index is 985. The Kier molecular flexibility index (Phi) is 3.99. The standard InChI is InChI=1S/C14H13FN6O2S/c1-21-8-9(6-18-21)13-12(15)7-17-14(20-13)19-10-2-4-11(5-3-10)24(16,22)23/h2-8H,1H3,(H2,16,22,23)(H,17,19,20). The smallest absolute Gasteiger partial charge is 0.238 e. The van der Waals surface area contributed by atoms with Crippen molar-refractivity contribution in [3.63, 3.8) is 0 Å². The Labute approximate surface area is 137 Å². The van der Waals surface area contributed by atoms with Gasteiger partial charge in [0.05, 0.1) is 17.3 Å². The second-order valence-corrected chi connectivity index (χ2v) is 6.55. The van der Waals surface area contributed by atoms with Gasteiger partial charge in [-0.05, 0) is 24.3 Å². The van der Waals surface area contributed by atoms with Crippen LogP contribution >= 0.6 is 0 Å². The highest BCUT2D eigenvalue weighted by Crippen LogP contribution is 2.22. The number of nitrogens with one attached hydrogen (secondary N) is 1. The fourth-order valence-corrected chi connectivity index (χ4v) is 2.55. The molecule has 0 aliphatic rings. The van der Waals surface area contributed by atoms with E-state index in [2.05, 4.69) is 20.4 Å². The van der Waals surface area contributed by atoms with Gasteiger partial charge in [0.25, 0.3) is 0 Å². The van der Waals surface area contributed by atoms with Gasteiger partial charge in [-0.15, -0.1) is 0 Å². The molecule has 0 radical (unpaired) electrons. The number of hydrogen-bond donors (Lipinski definition) is 2. The Hall–Kier alpha value is -2.85. The number of primary sulfonamides is 1. The van der Waals surface area contributed by atoms with Crippen LogP contribution in [0.5, 0.6) is 0 Å². The van der Waals surface area contributed by atoms with Crippen LogP contribution in [-0.4, -0.2) is 28.2 Å². The summed E-state index contributed by atoms with van der Waals surface area (Å²) in [7, 11) is -2.04. The number of aromatic nitrogens is 4. The zero-order valence-electron chi connectivity index (χ0n) is 12.5. The maximum Gasteiger partial charge on any atom is 0.238 e. The van der Waals surface area contributed by atoms with Crippen LogP contribution in [-0.2, 0) is 17.1 Å². The van der Waals surface area contributed by atoms with Gasteiger partial charge in [0.15, 0.2) is 5.82 Å². The van der Waals surface area contributed by atoms with Crippen LogP contribution in [0.4, 0.5) is 16.0 Å². The van der Waals surface area contributed by atoms with Crippen molar-refractivity contribution in [2.45, 2.75) is 4.90 Å². The lowest BCUT2D eigenvalue weighted by molar-refractivity contribution is 0.598. The number of benzene rings is 1. The Morgan fingerprint density at radius 2 is 1.92 bits per heavy atom. The molecule has 3 aromatic rings. The minimum Gasteiger partial charge on any atom is -0.324 e. The molecule has 0 amide bonds. The summed E-state index contributed by atoms with van der Waals surface area (Å²) in [6, 6.07) is 5.72. The number of nitrogens with zero attached hydrogens (tertiary/aromatic N) is 4. The number of nitrogens with two attached hydrogens (primary N) is 1. The van der Waals surface area contributed by atoms with Gasteiger partial charge in [0.1, 0.15) is 5.69 Å². The monoisotopic (exact) mass is 348 g/mol. The third-order valence-corrected chi connectivity index (χ3v) is 4.09. The van der Waals surface area contributed by atoms with Gasteiger partial charge in [-0.1, -0.05) is 0 Å². The van der Waals surface area contributed by atoms with Crippen molar-refractivity contribution in [1.82, 2.24) is 19.7 Å². The van der Waals surface area contributed by atoms with Crippen LogP contribution in [0.3, 0.4) is 0 Å². The van der Waals surface area contributed by atoms with E-state index in [1.54, 1.807) is 13.2 Å². The predicted octanol–water partition coefficient (Wildman–Crippen LogP) is 1.41. The van der Waals surface area contributed by atoms with Crippen molar-refractivity contribution in [2.24, 2.45) is 12.2 Å². The second-order valence-electron chi connectivity index (χ2n) is 4.99. The van der Waals surface area contributed by atoms with Crippen molar-refractivity contribution in [1.29, 1.82) is 0 Å². The average molecular weight is 348 g/mol. The fourth-order valence-electron chi connectivity index (χ4n) is 2.03. The molecule has 0 unspecified atom stereocenters. The number of hydrogen-bond acceptors (Lipinski definition) is 6. The summed E-state index contributed by atoms with van der Waals surface area (Å²) in [5, 5.41) is 11.9. The molecule has 0 fully saturated rings. The highest BCUT2D eigenvalue weighted by atomic mass is 32.2. The molecule has 10 heteroatoms. The van der Waals surface area contributed by atoms with E-state index in [0.29, 0.717) is 11.3 Å². The lowest BCUT2D eigenvalue weighted by atomic mass is 10.2. The summed E-state index contributed by atoms with van der Waals surface area (Å²) >= 11 is 0. The summed E-state index contributed by atoms with van der Waals surface area (Å²) in [4.78, 5) is 7.99. The lowest BCUT2D eigenvalue weighted by Gasteiger charge is -2.07. The zero-order chi connectivity index (χ0) is 17.3. The molecule has 2 aromatic heterocycles. The number of rotatable bonds is 4. The molecule has 0 saturated carbocycles. The first-order chi connectivity index (χ1) is 11.3. The number of halogens is 1. The maximum absolute atomic E-state index is 13.9. The highest BCUT2D eigenvalue weighted by molar-refractivity contribution is 7.89. The van der Waals surface area contributed by atoms with Gasteiger partial charge in [-0.2, -0.15) is 5.10 Å². The Morgan fingerprint density at radius 3 is 2.50 bits per heavy atom. The number of aryl methyl sites for hydroxylation is 1. The zero-order valence-corrected chi connectivity index (χ0v) is 13.3. The third-order valence-electron chi connectivity index (χ3n) is 3.16. The summed E-state index contributed by atoms with van der Waals surface area (Å²) in [6.45, 7) is 0. The van der Waals surface area contributed by atoms with Crippen molar-refractivity contribution in [2.75, 3.05) is 5.32 Å². The van der Waals surface area contributed by atoms with Gasteiger partial charge in [0, 0.05) is 24.5 Å². The van der Waals surface area contributed by atoms with Crippen molar-refractivity contribution in [3.05, 3.63) is 48.7 Å². The van der Waals surface area contributed by atoms with Crippen LogP contribution in [0.25, 0.3) is 11.3 Å². The molecule has 0 bridgehead atoms. The largest absolute Gasteiger partial charge is 0.324 e. The Balaban J connectivity index is 1.88. The molecule has 24 heavy (non-hydrogen) atoms. The molecule has 1 aromatic carbocycles. The van der Waals surface area contributed by atoms with Gasteiger partial charge in [-0.25, -0.2) is 27.9 Å². The molecular formula is C14H13FN6O2S. The first-order valence-corrected chi connectivity index (χ1v) is 8.29. The maximum atomic E-state index is 13.9. The number of anilines is 2. The van der Waals surface area contributed by atoms with E-state index in [-0.39, 0.29) is 16.5 Å². The van der Waals surface area contributed by atoms with E-state index < -0.39 is 15.8 Å². The minimum absolute atomic E-state index is 0.0101. The molecule has 2 heterocycles. The first kappa shape index (κ1) is 16.0. The van der Waals surface area contributed by atoms with E-state index >= 15 is 0 Å². The van der Waals surface area contributed by atoms with Crippen LogP contribution in [0.15, 0.2) is 47.8 Å². The minimum atomic E-state index is -3.76. The van der Waals surface area contributed by atoms with E-state index in [1.807, 2.05) is 0 Å². The van der Waals surface area contributed by atoms with E-state index in [0.717, 1.165) is 6.20 Å². The molecular weight excluding hydrogens is 335 g/mol. The van der Waals surface area contributed by atoms with Crippen molar-refractivity contribution in [3.8, 4) is 11.3 Å². The first-order valence-electron chi connectivity index (χ1n) is 6.74. The van der Waals surface area contributed by atoms with Crippen molar-refractivity contribution < 1.29 is 12.8 Å². The Morgan fingerprint density at radius 1 is 1.21 bits per heavy atom. The van der Waals surface area contributed by atoms with Gasteiger partial charge < -0.3 is 5.32 Å². The fraction of sp³-hybridized carbons (Fsp3) is 0.0714. The molecule has 3 rings (SSSR count). The summed E-state index contributed by atoms with van der Waals surface area (Å²) in [6.07, 6.45) is 4.18. The van der Waals surface area contributed by atoms with Gasteiger partial charge in [0.2, 0.25) is 16.0 Å². The van der Waals surface area contributed by atoms with Crippen LogP contribution < -0.4 is 10.5 Å². The molecule has 8 nitrogen and oxygen atoms in total. The molecule has 0 atom stereocenters. The molecule has 3 N–H and O–H groups in total. The third kappa shape index (κ3) is 3.39. The molecule has 0 spiro atoms. The SMILES string of the molecule is Cn1cc(-c2nc(Nc3ccc(S(N)(=O)=O)cc3)ncc2F)cn1. The quantitative estimate of drug-likeness (QED) is 0.736. The highest BCUT2D eigenvalue weighted by Gasteiger charge is 2.12. The van der Waals surface area contributed by atoms with E-state index in [9.17, 15) is 12.8 Å². The van der Waals surface area contributed by atoms with Crippen molar-refractivity contribution >= 4 is 21.7 Å². The molecule has 0 aliphatic carbocycles. The number of sulfonamides is 1.